The van der Waals surface area contributed by atoms with E-state index in [9.17, 15) is 0 Å². The van der Waals surface area contributed by atoms with Crippen LogP contribution in [0.2, 0.25) is 0 Å². The first-order chi connectivity index (χ1) is 9.17. The first kappa shape index (κ1) is 14.3. The van der Waals surface area contributed by atoms with E-state index >= 15 is 0 Å². The summed E-state index contributed by atoms with van der Waals surface area (Å²) in [5.41, 5.74) is 10.7. The lowest BCUT2D eigenvalue weighted by Gasteiger charge is -2.39. The largest absolute Gasteiger partial charge is 0.368 e. The Bertz CT molecular complexity index is 426. The zero-order valence-corrected chi connectivity index (χ0v) is 12.6. The number of nitrogens with two attached hydrogens (primary N) is 1. The molecule has 1 unspecified atom stereocenters. The quantitative estimate of drug-likeness (QED) is 0.904. The molecule has 0 saturated carbocycles. The zero-order chi connectivity index (χ0) is 13.8. The molecule has 1 fully saturated rings. The average Bonchev–Trinajstić information content (AvgIpc) is 2.39. The third-order valence-corrected chi connectivity index (χ3v) is 4.20. The van der Waals surface area contributed by atoms with Crippen molar-refractivity contribution < 1.29 is 0 Å². The van der Waals surface area contributed by atoms with Crippen LogP contribution in [-0.2, 0) is 6.54 Å². The van der Waals surface area contributed by atoms with Gasteiger partial charge in [0, 0.05) is 41.8 Å². The molecule has 1 aromatic rings. The third-order valence-electron chi connectivity index (χ3n) is 4.20. The summed E-state index contributed by atoms with van der Waals surface area (Å²) in [6.45, 7) is 8.19. The second kappa shape index (κ2) is 6.38. The maximum Gasteiger partial charge on any atom is 0.0450 e. The lowest BCUT2D eigenvalue weighted by molar-refractivity contribution is 0.433. The number of anilines is 1. The molecule has 1 atom stereocenters. The van der Waals surface area contributed by atoms with Crippen molar-refractivity contribution in [3.05, 3.63) is 23.0 Å². The summed E-state index contributed by atoms with van der Waals surface area (Å²) in [6, 6.07) is 2.91. The van der Waals surface area contributed by atoms with E-state index in [1.54, 1.807) is 0 Å². The van der Waals surface area contributed by atoms with Crippen LogP contribution in [0.15, 0.2) is 6.07 Å². The Balaban J connectivity index is 2.37. The van der Waals surface area contributed by atoms with Crippen LogP contribution in [0.5, 0.6) is 0 Å². The van der Waals surface area contributed by atoms with Gasteiger partial charge in [0.05, 0.1) is 0 Å². The topological polar surface area (TPSA) is 42.2 Å². The van der Waals surface area contributed by atoms with Crippen LogP contribution in [-0.4, -0.2) is 17.6 Å². The summed E-state index contributed by atoms with van der Waals surface area (Å²) in [5, 5.41) is 0. The molecule has 19 heavy (non-hydrogen) atoms. The van der Waals surface area contributed by atoms with Gasteiger partial charge < -0.3 is 10.6 Å². The van der Waals surface area contributed by atoms with Gasteiger partial charge in [-0.2, -0.15) is 0 Å². The first-order valence-electron chi connectivity index (χ1n) is 7.61. The molecule has 1 aromatic heterocycles. The number of aryl methyl sites for hydroxylation is 2. The molecule has 2 N–H and O–H groups in total. The lowest BCUT2D eigenvalue weighted by atomic mass is 9.96. The Morgan fingerprint density at radius 3 is 2.84 bits per heavy atom. The van der Waals surface area contributed by atoms with E-state index in [1.807, 2.05) is 0 Å². The summed E-state index contributed by atoms with van der Waals surface area (Å²) in [5.74, 6) is 0. The Morgan fingerprint density at radius 1 is 1.37 bits per heavy atom. The predicted octanol–water partition coefficient (Wildman–Crippen LogP) is 3.32. The van der Waals surface area contributed by atoms with Gasteiger partial charge in [-0.3, -0.25) is 4.98 Å². The van der Waals surface area contributed by atoms with Gasteiger partial charge >= 0.3 is 0 Å². The molecule has 1 saturated heterocycles. The van der Waals surface area contributed by atoms with Crippen LogP contribution < -0.4 is 10.6 Å². The number of aromatic nitrogens is 1. The van der Waals surface area contributed by atoms with Crippen LogP contribution >= 0.6 is 0 Å². The predicted molar refractivity (Wildman–Crippen MR) is 81.5 cm³/mol. The number of nitrogens with zero attached hydrogens (tertiary/aromatic N) is 2. The molecule has 0 spiro atoms. The summed E-state index contributed by atoms with van der Waals surface area (Å²) in [6.07, 6.45) is 6.51. The molecule has 3 nitrogen and oxygen atoms in total. The molecule has 3 heteroatoms. The number of hydrogen-bond acceptors (Lipinski definition) is 3. The fourth-order valence-electron chi connectivity index (χ4n) is 3.29. The maximum atomic E-state index is 5.96. The molecule has 2 heterocycles. The van der Waals surface area contributed by atoms with Crippen LogP contribution in [0.4, 0.5) is 5.69 Å². The minimum Gasteiger partial charge on any atom is -0.368 e. The maximum absolute atomic E-state index is 5.96. The molecule has 0 amide bonds. The Kier molecular flexibility index (Phi) is 4.81. The molecule has 1 aliphatic rings. The van der Waals surface area contributed by atoms with Crippen LogP contribution in [0.3, 0.4) is 0 Å². The van der Waals surface area contributed by atoms with E-state index in [1.165, 1.54) is 49.9 Å². The lowest BCUT2D eigenvalue weighted by Crippen LogP contribution is -2.40. The van der Waals surface area contributed by atoms with E-state index in [4.69, 9.17) is 5.73 Å². The van der Waals surface area contributed by atoms with Crippen molar-refractivity contribution in [2.45, 2.75) is 65.5 Å². The molecular weight excluding hydrogens is 234 g/mol. The van der Waals surface area contributed by atoms with Crippen molar-refractivity contribution in [2.24, 2.45) is 5.73 Å². The highest BCUT2D eigenvalue weighted by Crippen LogP contribution is 2.31. The van der Waals surface area contributed by atoms with E-state index in [-0.39, 0.29) is 0 Å². The average molecular weight is 261 g/mol. The van der Waals surface area contributed by atoms with Gasteiger partial charge in [-0.25, -0.2) is 0 Å². The smallest absolute Gasteiger partial charge is 0.0450 e. The van der Waals surface area contributed by atoms with E-state index in [0.717, 1.165) is 11.4 Å². The molecule has 1 aliphatic heterocycles. The van der Waals surface area contributed by atoms with Crippen LogP contribution in [0, 0.1) is 13.8 Å². The van der Waals surface area contributed by atoms with E-state index < -0.39 is 0 Å². The highest BCUT2D eigenvalue weighted by Gasteiger charge is 2.24. The minimum absolute atomic E-state index is 0.587. The second-order valence-corrected chi connectivity index (χ2v) is 5.68. The van der Waals surface area contributed by atoms with Crippen LogP contribution in [0.1, 0.15) is 56.0 Å². The fraction of sp³-hybridized carbons (Fsp3) is 0.688. The van der Waals surface area contributed by atoms with Crippen molar-refractivity contribution >= 4 is 5.69 Å². The SMILES string of the molecule is CCCC1CCCCN1c1cc(C)nc(C)c1CN. The second-order valence-electron chi connectivity index (χ2n) is 5.68. The molecule has 0 aromatic carbocycles. The normalized spacial score (nSPS) is 19.8. The van der Waals surface area contributed by atoms with Crippen molar-refractivity contribution in [1.82, 2.24) is 4.98 Å². The molecule has 2 rings (SSSR count). The highest BCUT2D eigenvalue weighted by molar-refractivity contribution is 5.57. The highest BCUT2D eigenvalue weighted by atomic mass is 15.2. The van der Waals surface area contributed by atoms with Gasteiger partial charge in [-0.15, -0.1) is 0 Å². The van der Waals surface area contributed by atoms with Gasteiger partial charge in [0.25, 0.3) is 0 Å². The Labute approximate surface area is 117 Å². The summed E-state index contributed by atoms with van der Waals surface area (Å²) in [7, 11) is 0. The van der Waals surface area contributed by atoms with Gasteiger partial charge in [-0.05, 0) is 45.6 Å². The van der Waals surface area contributed by atoms with Gasteiger partial charge in [0.15, 0.2) is 0 Å². The minimum atomic E-state index is 0.587. The number of pyridine rings is 1. The van der Waals surface area contributed by atoms with E-state index in [2.05, 4.69) is 36.7 Å². The molecular formula is C16H27N3. The Hall–Kier alpha value is -1.09. The monoisotopic (exact) mass is 261 g/mol. The third kappa shape index (κ3) is 3.08. The Morgan fingerprint density at radius 2 is 2.16 bits per heavy atom. The fourth-order valence-corrected chi connectivity index (χ4v) is 3.29. The summed E-state index contributed by atoms with van der Waals surface area (Å²) < 4.78 is 0. The summed E-state index contributed by atoms with van der Waals surface area (Å²) >= 11 is 0. The van der Waals surface area contributed by atoms with E-state index in [0.29, 0.717) is 12.6 Å². The molecule has 0 aliphatic carbocycles. The molecule has 0 bridgehead atoms. The van der Waals surface area contributed by atoms with Crippen molar-refractivity contribution in [2.75, 3.05) is 11.4 Å². The van der Waals surface area contributed by atoms with Crippen molar-refractivity contribution in [1.29, 1.82) is 0 Å². The standard InChI is InChI=1S/C16H27N3/c1-4-7-14-8-5-6-9-19(14)16-10-12(2)18-13(3)15(16)11-17/h10,14H,4-9,11,17H2,1-3H3. The zero-order valence-electron chi connectivity index (χ0n) is 12.6. The van der Waals surface area contributed by atoms with Gasteiger partial charge in [0.1, 0.15) is 0 Å². The van der Waals surface area contributed by atoms with Gasteiger partial charge in [-0.1, -0.05) is 13.3 Å². The van der Waals surface area contributed by atoms with Crippen LogP contribution in [0.25, 0.3) is 0 Å². The summed E-state index contributed by atoms with van der Waals surface area (Å²) in [4.78, 5) is 7.16. The number of rotatable bonds is 4. The molecule has 0 radical (unpaired) electrons. The number of piperidine rings is 1. The first-order valence-corrected chi connectivity index (χ1v) is 7.61. The molecule has 106 valence electrons. The number of hydrogen-bond donors (Lipinski definition) is 1. The van der Waals surface area contributed by atoms with Gasteiger partial charge in [0.2, 0.25) is 0 Å². The van der Waals surface area contributed by atoms with Crippen molar-refractivity contribution in [3.63, 3.8) is 0 Å². The van der Waals surface area contributed by atoms with Crippen molar-refractivity contribution in [3.8, 4) is 0 Å².